The lowest BCUT2D eigenvalue weighted by molar-refractivity contribution is 0.169. The molecule has 2 aromatic rings. The zero-order valence-corrected chi connectivity index (χ0v) is 16.9. The van der Waals surface area contributed by atoms with E-state index in [9.17, 15) is 8.42 Å². The lowest BCUT2D eigenvalue weighted by atomic mass is 10.2. The molecule has 1 aliphatic rings. The van der Waals surface area contributed by atoms with E-state index in [-0.39, 0.29) is 4.90 Å². The van der Waals surface area contributed by atoms with Crippen molar-refractivity contribution in [3.63, 3.8) is 0 Å². The molecule has 10 heteroatoms. The van der Waals surface area contributed by atoms with E-state index in [2.05, 4.69) is 30.0 Å². The van der Waals surface area contributed by atoms with Gasteiger partial charge < -0.3 is 14.7 Å². The molecule has 1 saturated heterocycles. The zero-order chi connectivity index (χ0) is 20.0. The van der Waals surface area contributed by atoms with Crippen molar-refractivity contribution in [2.75, 3.05) is 40.3 Å². The van der Waals surface area contributed by atoms with Crippen LogP contribution in [0.2, 0.25) is 0 Å². The van der Waals surface area contributed by atoms with E-state index in [1.54, 1.807) is 31.5 Å². The van der Waals surface area contributed by atoms with E-state index in [0.29, 0.717) is 6.54 Å². The van der Waals surface area contributed by atoms with Crippen molar-refractivity contribution >= 4 is 16.0 Å². The van der Waals surface area contributed by atoms with Gasteiger partial charge in [0.25, 0.3) is 0 Å². The zero-order valence-electron chi connectivity index (χ0n) is 16.1. The Morgan fingerprint density at radius 2 is 2.04 bits per heavy atom. The van der Waals surface area contributed by atoms with Gasteiger partial charge in [-0.25, -0.2) is 13.1 Å². The van der Waals surface area contributed by atoms with Crippen LogP contribution in [0.5, 0.6) is 0 Å². The Balaban J connectivity index is 1.54. The van der Waals surface area contributed by atoms with Gasteiger partial charge in [0.05, 0.1) is 10.6 Å². The molecule has 1 fully saturated rings. The summed E-state index contributed by atoms with van der Waals surface area (Å²) >= 11 is 0. The summed E-state index contributed by atoms with van der Waals surface area (Å²) < 4.78 is 31.1. The number of benzene rings is 1. The summed E-state index contributed by atoms with van der Waals surface area (Å²) in [6, 6.07) is 8.77. The number of guanidine groups is 1. The van der Waals surface area contributed by atoms with Gasteiger partial charge in [0.1, 0.15) is 6.26 Å². The first-order chi connectivity index (χ1) is 13.5. The molecule has 1 aromatic heterocycles. The van der Waals surface area contributed by atoms with Gasteiger partial charge in [0.2, 0.25) is 10.0 Å². The molecule has 0 bridgehead atoms. The fourth-order valence-corrected chi connectivity index (χ4v) is 3.92. The number of aromatic nitrogens is 1. The summed E-state index contributed by atoms with van der Waals surface area (Å²) in [7, 11) is -0.286. The van der Waals surface area contributed by atoms with E-state index in [4.69, 9.17) is 4.52 Å². The summed E-state index contributed by atoms with van der Waals surface area (Å²) in [6.45, 7) is 4.80. The predicted octanol–water partition coefficient (Wildman–Crippen LogP) is 0.476. The predicted molar refractivity (Wildman–Crippen MR) is 106 cm³/mol. The largest absolute Gasteiger partial charge is 0.364 e. The molecule has 0 atom stereocenters. The summed E-state index contributed by atoms with van der Waals surface area (Å²) in [5.41, 5.74) is 1.81. The minimum atomic E-state index is -3.45. The van der Waals surface area contributed by atoms with Crippen LogP contribution in [0.1, 0.15) is 11.3 Å². The Morgan fingerprint density at radius 1 is 1.25 bits per heavy atom. The van der Waals surface area contributed by atoms with Gasteiger partial charge in [0.15, 0.2) is 5.96 Å². The van der Waals surface area contributed by atoms with Gasteiger partial charge in [-0.15, -0.1) is 0 Å². The number of nitrogens with zero attached hydrogens (tertiary/aromatic N) is 4. The van der Waals surface area contributed by atoms with Crippen molar-refractivity contribution in [2.45, 2.75) is 18.0 Å². The molecule has 0 unspecified atom stereocenters. The SMILES string of the molecule is CN=C(NCc1cccc(S(=O)(=O)NC)c1)N1CCN(Cc2ccon2)CC1. The van der Waals surface area contributed by atoms with Gasteiger partial charge in [-0.05, 0) is 24.7 Å². The van der Waals surface area contributed by atoms with E-state index in [1.807, 2.05) is 12.1 Å². The second-order valence-electron chi connectivity index (χ2n) is 6.51. The highest BCUT2D eigenvalue weighted by atomic mass is 32.2. The van der Waals surface area contributed by atoms with Crippen LogP contribution < -0.4 is 10.0 Å². The molecule has 0 saturated carbocycles. The number of aliphatic imine (C=N–C) groups is 1. The van der Waals surface area contributed by atoms with E-state index in [1.165, 1.54) is 7.05 Å². The second-order valence-corrected chi connectivity index (χ2v) is 8.40. The minimum Gasteiger partial charge on any atom is -0.364 e. The molecule has 1 aliphatic heterocycles. The van der Waals surface area contributed by atoms with Gasteiger partial charge >= 0.3 is 0 Å². The summed E-state index contributed by atoms with van der Waals surface area (Å²) in [4.78, 5) is 9.15. The highest BCUT2D eigenvalue weighted by Gasteiger charge is 2.20. The molecule has 0 radical (unpaired) electrons. The number of nitrogens with one attached hydrogen (secondary N) is 2. The molecule has 2 N–H and O–H groups in total. The molecule has 0 aliphatic carbocycles. The Morgan fingerprint density at radius 3 is 2.68 bits per heavy atom. The van der Waals surface area contributed by atoms with Gasteiger partial charge in [0, 0.05) is 52.4 Å². The van der Waals surface area contributed by atoms with Crippen LogP contribution in [-0.4, -0.2) is 69.6 Å². The van der Waals surface area contributed by atoms with E-state index < -0.39 is 10.0 Å². The first-order valence-electron chi connectivity index (χ1n) is 9.11. The molecular formula is C18H26N6O3S. The number of piperazine rings is 1. The Hall–Kier alpha value is -2.43. The highest BCUT2D eigenvalue weighted by molar-refractivity contribution is 7.89. The summed E-state index contributed by atoms with van der Waals surface area (Å²) in [6.07, 6.45) is 1.59. The van der Waals surface area contributed by atoms with E-state index >= 15 is 0 Å². The molecule has 3 rings (SSSR count). The smallest absolute Gasteiger partial charge is 0.240 e. The first kappa shape index (κ1) is 20.3. The molecule has 2 heterocycles. The third kappa shape index (κ3) is 5.09. The van der Waals surface area contributed by atoms with Crippen LogP contribution in [0.15, 0.2) is 51.0 Å². The molecular weight excluding hydrogens is 380 g/mol. The van der Waals surface area contributed by atoms with Gasteiger partial charge in [-0.3, -0.25) is 9.89 Å². The number of hydrogen-bond acceptors (Lipinski definition) is 6. The first-order valence-corrected chi connectivity index (χ1v) is 10.6. The fraction of sp³-hybridized carbons (Fsp3) is 0.444. The average molecular weight is 407 g/mol. The van der Waals surface area contributed by atoms with Gasteiger partial charge in [-0.1, -0.05) is 17.3 Å². The maximum Gasteiger partial charge on any atom is 0.240 e. The van der Waals surface area contributed by atoms with Crippen LogP contribution in [-0.2, 0) is 23.1 Å². The topological polar surface area (TPSA) is 103 Å². The van der Waals surface area contributed by atoms with Crippen molar-refractivity contribution in [3.8, 4) is 0 Å². The van der Waals surface area contributed by atoms with Crippen molar-refractivity contribution < 1.29 is 12.9 Å². The molecule has 9 nitrogen and oxygen atoms in total. The molecule has 28 heavy (non-hydrogen) atoms. The quantitative estimate of drug-likeness (QED) is 0.531. The van der Waals surface area contributed by atoms with Crippen molar-refractivity contribution in [1.29, 1.82) is 0 Å². The normalized spacial score (nSPS) is 16.4. The van der Waals surface area contributed by atoms with Crippen LogP contribution in [0.3, 0.4) is 0 Å². The number of hydrogen-bond donors (Lipinski definition) is 2. The standard InChI is InChI=1S/C18H26N6O3S/c1-19-18(21-13-15-4-3-5-17(12-15)28(25,26)20-2)24-9-7-23(8-10-24)14-16-6-11-27-22-16/h3-6,11-12,20H,7-10,13-14H2,1-2H3,(H,19,21). The Bertz CT molecular complexity index is 890. The van der Waals surface area contributed by atoms with Crippen molar-refractivity contribution in [2.24, 2.45) is 4.99 Å². The van der Waals surface area contributed by atoms with Gasteiger partial charge in [-0.2, -0.15) is 0 Å². The third-order valence-corrected chi connectivity index (χ3v) is 6.10. The van der Waals surface area contributed by atoms with Crippen LogP contribution >= 0.6 is 0 Å². The van der Waals surface area contributed by atoms with Crippen LogP contribution in [0.4, 0.5) is 0 Å². The fourth-order valence-electron chi connectivity index (χ4n) is 3.12. The monoisotopic (exact) mass is 406 g/mol. The Labute approximate surface area is 165 Å². The maximum atomic E-state index is 12.0. The molecule has 0 spiro atoms. The summed E-state index contributed by atoms with van der Waals surface area (Å²) in [5, 5.41) is 7.29. The van der Waals surface area contributed by atoms with Crippen LogP contribution in [0, 0.1) is 0 Å². The number of sulfonamides is 1. The second kappa shape index (κ2) is 9.18. The average Bonchev–Trinajstić information content (AvgIpc) is 3.23. The molecule has 1 aromatic carbocycles. The van der Waals surface area contributed by atoms with E-state index in [0.717, 1.165) is 49.9 Å². The van der Waals surface area contributed by atoms with Crippen molar-refractivity contribution in [3.05, 3.63) is 47.9 Å². The lowest BCUT2D eigenvalue weighted by Gasteiger charge is -2.36. The molecule has 0 amide bonds. The van der Waals surface area contributed by atoms with Crippen LogP contribution in [0.25, 0.3) is 0 Å². The summed E-state index contributed by atoms with van der Waals surface area (Å²) in [5.74, 6) is 0.808. The lowest BCUT2D eigenvalue weighted by Crippen LogP contribution is -2.52. The maximum absolute atomic E-state index is 12.0. The number of rotatable bonds is 6. The van der Waals surface area contributed by atoms with Crippen molar-refractivity contribution in [1.82, 2.24) is 25.0 Å². The molecule has 152 valence electrons. The third-order valence-electron chi connectivity index (χ3n) is 4.69. The Kier molecular flexibility index (Phi) is 6.65. The minimum absolute atomic E-state index is 0.255. The highest BCUT2D eigenvalue weighted by Crippen LogP contribution is 2.12.